The molecule has 3 aromatic rings. The number of para-hydroxylation sites is 1. The Morgan fingerprint density at radius 2 is 1.86 bits per heavy atom. The van der Waals surface area contributed by atoms with E-state index < -0.39 is 5.91 Å². The Kier molecular flexibility index (Phi) is 9.62. The summed E-state index contributed by atoms with van der Waals surface area (Å²) in [5.41, 5.74) is 3.09. The zero-order valence-electron chi connectivity index (χ0n) is 19.2. The predicted molar refractivity (Wildman–Crippen MR) is 144 cm³/mol. The van der Waals surface area contributed by atoms with Crippen molar-refractivity contribution in [1.29, 1.82) is 5.26 Å². The number of rotatable bonds is 9. The highest BCUT2D eigenvalue weighted by molar-refractivity contribution is 9.10. The lowest BCUT2D eigenvalue weighted by molar-refractivity contribution is -0.112. The minimum Gasteiger partial charge on any atom is -0.490 e. The molecule has 3 rings (SSSR count). The molecule has 5 nitrogen and oxygen atoms in total. The number of hydrogen-bond acceptors (Lipinski definition) is 4. The van der Waals surface area contributed by atoms with E-state index in [9.17, 15) is 10.1 Å². The van der Waals surface area contributed by atoms with E-state index in [0.29, 0.717) is 43.9 Å². The molecule has 0 radical (unpaired) electrons. The van der Waals surface area contributed by atoms with Crippen LogP contribution in [0, 0.1) is 11.3 Å². The third-order valence-electron chi connectivity index (χ3n) is 5.02. The van der Waals surface area contributed by atoms with Gasteiger partial charge >= 0.3 is 0 Å². The minimum absolute atomic E-state index is 0.0327. The van der Waals surface area contributed by atoms with Crippen LogP contribution in [0.3, 0.4) is 0 Å². The van der Waals surface area contributed by atoms with Crippen molar-refractivity contribution in [1.82, 2.24) is 0 Å². The summed E-state index contributed by atoms with van der Waals surface area (Å²) in [5.74, 6) is 0.486. The van der Waals surface area contributed by atoms with E-state index in [0.717, 1.165) is 17.5 Å². The summed E-state index contributed by atoms with van der Waals surface area (Å²) in [6.45, 7) is 4.51. The summed E-state index contributed by atoms with van der Waals surface area (Å²) in [6.07, 6.45) is 2.27. The van der Waals surface area contributed by atoms with Crippen LogP contribution in [0.2, 0.25) is 10.0 Å². The second kappa shape index (κ2) is 12.6. The van der Waals surface area contributed by atoms with Gasteiger partial charge in [-0.3, -0.25) is 4.79 Å². The second-order valence-corrected chi connectivity index (χ2v) is 9.10. The number of hydrogen-bond donors (Lipinski definition) is 1. The van der Waals surface area contributed by atoms with E-state index in [4.69, 9.17) is 32.7 Å². The van der Waals surface area contributed by atoms with Crippen molar-refractivity contribution in [3.05, 3.63) is 91.4 Å². The van der Waals surface area contributed by atoms with Crippen LogP contribution in [0.4, 0.5) is 5.69 Å². The number of nitrogens with zero attached hydrogens (tertiary/aromatic N) is 1. The fraction of sp³-hybridized carbons (Fsp3) is 0.185. The van der Waals surface area contributed by atoms with Crippen LogP contribution >= 0.6 is 39.1 Å². The van der Waals surface area contributed by atoms with Crippen LogP contribution in [0.1, 0.15) is 30.5 Å². The van der Waals surface area contributed by atoms with Crippen LogP contribution in [0.25, 0.3) is 6.08 Å². The molecule has 0 saturated carbocycles. The normalized spacial score (nSPS) is 11.0. The fourth-order valence-corrected chi connectivity index (χ4v) is 4.21. The minimum atomic E-state index is -0.484. The lowest BCUT2D eigenvalue weighted by Crippen LogP contribution is -2.14. The summed E-state index contributed by atoms with van der Waals surface area (Å²) < 4.78 is 12.4. The Hall–Kier alpha value is -2.98. The van der Waals surface area contributed by atoms with Gasteiger partial charge < -0.3 is 14.8 Å². The topological polar surface area (TPSA) is 71.3 Å². The zero-order valence-corrected chi connectivity index (χ0v) is 22.3. The van der Waals surface area contributed by atoms with E-state index in [-0.39, 0.29) is 12.2 Å². The van der Waals surface area contributed by atoms with Crippen LogP contribution in [0.5, 0.6) is 11.5 Å². The van der Waals surface area contributed by atoms with Gasteiger partial charge in [0, 0.05) is 5.69 Å². The first-order valence-corrected chi connectivity index (χ1v) is 12.4. The van der Waals surface area contributed by atoms with Gasteiger partial charge in [-0.1, -0.05) is 54.4 Å². The van der Waals surface area contributed by atoms with Gasteiger partial charge in [0.05, 0.1) is 21.1 Å². The molecule has 0 aliphatic heterocycles. The van der Waals surface area contributed by atoms with E-state index in [1.807, 2.05) is 50.2 Å². The summed E-state index contributed by atoms with van der Waals surface area (Å²) in [5, 5.41) is 13.4. The number of nitrogens with one attached hydrogen (secondary N) is 1. The molecule has 0 aliphatic rings. The molecular weight excluding hydrogens is 551 g/mol. The Balaban J connectivity index is 1.86. The molecule has 1 amide bonds. The Bertz CT molecular complexity index is 1300. The number of nitriles is 1. The first-order chi connectivity index (χ1) is 16.9. The average molecular weight is 574 g/mol. The Labute approximate surface area is 223 Å². The largest absolute Gasteiger partial charge is 0.490 e. The van der Waals surface area contributed by atoms with Gasteiger partial charge in [-0.25, -0.2) is 0 Å². The fourth-order valence-electron chi connectivity index (χ4n) is 3.31. The van der Waals surface area contributed by atoms with Crippen molar-refractivity contribution in [3.63, 3.8) is 0 Å². The van der Waals surface area contributed by atoms with Crippen LogP contribution in [-0.2, 0) is 17.8 Å². The van der Waals surface area contributed by atoms with Crippen molar-refractivity contribution < 1.29 is 14.3 Å². The van der Waals surface area contributed by atoms with Gasteiger partial charge in [0.15, 0.2) is 11.5 Å². The SMILES string of the molecule is CCOc1cc(/C=C(\C#N)C(=O)Nc2ccccc2CC)cc(Br)c1OCc1ccc(Cl)c(Cl)c1. The monoisotopic (exact) mass is 572 g/mol. The maximum absolute atomic E-state index is 12.8. The zero-order chi connectivity index (χ0) is 25.4. The Morgan fingerprint density at radius 1 is 1.09 bits per heavy atom. The molecule has 180 valence electrons. The summed E-state index contributed by atoms with van der Waals surface area (Å²) in [6, 6.07) is 18.3. The third kappa shape index (κ3) is 7.02. The van der Waals surface area contributed by atoms with Crippen LogP contribution < -0.4 is 14.8 Å². The number of amides is 1. The van der Waals surface area contributed by atoms with Gasteiger partial charge in [0.25, 0.3) is 5.91 Å². The molecule has 0 atom stereocenters. The van der Waals surface area contributed by atoms with E-state index >= 15 is 0 Å². The molecule has 0 fully saturated rings. The number of ether oxygens (including phenoxy) is 2. The van der Waals surface area contributed by atoms with Gasteiger partial charge in [-0.2, -0.15) is 5.26 Å². The molecule has 35 heavy (non-hydrogen) atoms. The van der Waals surface area contributed by atoms with Gasteiger partial charge in [0.1, 0.15) is 18.2 Å². The van der Waals surface area contributed by atoms with Gasteiger partial charge in [-0.05, 0) is 82.4 Å². The molecule has 0 aromatic heterocycles. The number of benzene rings is 3. The number of halogens is 3. The standard InChI is InChI=1S/C27H23BrCl2N2O3/c1-3-19-7-5-6-8-24(19)32-27(33)20(15-31)11-18-12-21(28)26(25(14-18)34-4-2)35-16-17-9-10-22(29)23(30)13-17/h5-14H,3-4,16H2,1-2H3,(H,32,33)/b20-11+. The molecule has 0 saturated heterocycles. The number of carbonyl (C=O) groups is 1. The third-order valence-corrected chi connectivity index (χ3v) is 6.35. The lowest BCUT2D eigenvalue weighted by Gasteiger charge is -2.15. The Morgan fingerprint density at radius 3 is 2.54 bits per heavy atom. The van der Waals surface area contributed by atoms with Crippen molar-refractivity contribution in [2.75, 3.05) is 11.9 Å². The first kappa shape index (κ1) is 26.6. The highest BCUT2D eigenvalue weighted by Gasteiger charge is 2.15. The average Bonchev–Trinajstić information content (AvgIpc) is 2.84. The molecular formula is C27H23BrCl2N2O3. The van der Waals surface area contributed by atoms with Gasteiger partial charge in [-0.15, -0.1) is 0 Å². The number of carbonyl (C=O) groups excluding carboxylic acids is 1. The molecule has 3 aromatic carbocycles. The molecule has 0 bridgehead atoms. The maximum Gasteiger partial charge on any atom is 0.266 e. The molecule has 0 spiro atoms. The van der Waals surface area contributed by atoms with Crippen molar-refractivity contribution >= 4 is 56.8 Å². The van der Waals surface area contributed by atoms with Crippen molar-refractivity contribution in [3.8, 4) is 17.6 Å². The second-order valence-electron chi connectivity index (χ2n) is 7.43. The quantitative estimate of drug-likeness (QED) is 0.209. The molecule has 0 aliphatic carbocycles. The summed E-state index contributed by atoms with van der Waals surface area (Å²) in [4.78, 5) is 12.8. The highest BCUT2D eigenvalue weighted by Crippen LogP contribution is 2.38. The lowest BCUT2D eigenvalue weighted by atomic mass is 10.1. The number of anilines is 1. The predicted octanol–water partition coefficient (Wildman–Crippen LogP) is 7.84. The van der Waals surface area contributed by atoms with E-state index in [2.05, 4.69) is 21.2 Å². The van der Waals surface area contributed by atoms with Crippen molar-refractivity contribution in [2.45, 2.75) is 26.9 Å². The number of aryl methyl sites for hydroxylation is 1. The van der Waals surface area contributed by atoms with E-state index in [1.165, 1.54) is 6.08 Å². The first-order valence-electron chi connectivity index (χ1n) is 10.9. The van der Waals surface area contributed by atoms with Crippen LogP contribution in [-0.4, -0.2) is 12.5 Å². The molecule has 0 unspecified atom stereocenters. The van der Waals surface area contributed by atoms with Crippen LogP contribution in [0.15, 0.2) is 64.6 Å². The maximum atomic E-state index is 12.8. The highest BCUT2D eigenvalue weighted by atomic mass is 79.9. The van der Waals surface area contributed by atoms with E-state index in [1.54, 1.807) is 24.3 Å². The van der Waals surface area contributed by atoms with Crippen molar-refractivity contribution in [2.24, 2.45) is 0 Å². The smallest absolute Gasteiger partial charge is 0.266 e. The molecule has 1 N–H and O–H groups in total. The summed E-state index contributed by atoms with van der Waals surface area (Å²) in [7, 11) is 0. The molecule has 0 heterocycles. The summed E-state index contributed by atoms with van der Waals surface area (Å²) >= 11 is 15.6. The molecule has 8 heteroatoms. The van der Waals surface area contributed by atoms with Gasteiger partial charge in [0.2, 0.25) is 0 Å².